The van der Waals surface area contributed by atoms with Gasteiger partial charge in [0.2, 0.25) is 15.9 Å². The molecule has 1 atom stereocenters. The zero-order valence-corrected chi connectivity index (χ0v) is 18.3. The Kier molecular flexibility index (Phi) is 6.80. The third kappa shape index (κ3) is 5.62. The second-order valence-corrected chi connectivity index (χ2v) is 9.42. The van der Waals surface area contributed by atoms with Crippen molar-refractivity contribution in [1.29, 1.82) is 0 Å². The predicted molar refractivity (Wildman–Crippen MR) is 121 cm³/mol. The SMILES string of the molecule is Cc1cccc(C(NC(=O)CN(c2cccc(Cl)c2)S(C)(=O)=O)c2ccccc2)c1. The van der Waals surface area contributed by atoms with Gasteiger partial charge in [0.25, 0.3) is 0 Å². The van der Waals surface area contributed by atoms with Crippen LogP contribution in [-0.4, -0.2) is 27.1 Å². The van der Waals surface area contributed by atoms with Gasteiger partial charge in [0.05, 0.1) is 18.0 Å². The van der Waals surface area contributed by atoms with Gasteiger partial charge in [-0.05, 0) is 36.2 Å². The molecule has 0 aliphatic carbocycles. The largest absolute Gasteiger partial charge is 0.344 e. The van der Waals surface area contributed by atoms with Gasteiger partial charge in [-0.2, -0.15) is 0 Å². The minimum atomic E-state index is -3.69. The highest BCUT2D eigenvalue weighted by Gasteiger charge is 2.24. The van der Waals surface area contributed by atoms with Crippen LogP contribution in [0.4, 0.5) is 5.69 Å². The number of sulfonamides is 1. The highest BCUT2D eigenvalue weighted by atomic mass is 35.5. The highest BCUT2D eigenvalue weighted by Crippen LogP contribution is 2.24. The number of amides is 1. The average molecular weight is 443 g/mol. The van der Waals surface area contributed by atoms with Gasteiger partial charge in [0.15, 0.2) is 0 Å². The summed E-state index contributed by atoms with van der Waals surface area (Å²) in [5, 5.41) is 3.38. The number of nitrogens with one attached hydrogen (secondary N) is 1. The molecule has 0 spiro atoms. The van der Waals surface area contributed by atoms with E-state index < -0.39 is 22.0 Å². The van der Waals surface area contributed by atoms with Crippen LogP contribution in [0.25, 0.3) is 0 Å². The number of halogens is 1. The Morgan fingerprint density at radius 3 is 2.27 bits per heavy atom. The fraction of sp³-hybridized carbons (Fsp3) is 0.174. The summed E-state index contributed by atoms with van der Waals surface area (Å²) in [5.74, 6) is -0.421. The summed E-state index contributed by atoms with van der Waals surface area (Å²) in [4.78, 5) is 13.0. The first kappa shape index (κ1) is 21.9. The third-order valence-electron chi connectivity index (χ3n) is 4.60. The van der Waals surface area contributed by atoms with Crippen LogP contribution in [0.2, 0.25) is 5.02 Å². The van der Waals surface area contributed by atoms with Crippen molar-refractivity contribution in [2.24, 2.45) is 0 Å². The van der Waals surface area contributed by atoms with E-state index in [2.05, 4.69) is 5.32 Å². The summed E-state index contributed by atoms with van der Waals surface area (Å²) in [6.45, 7) is 1.63. The molecule has 0 aromatic heterocycles. The number of benzene rings is 3. The molecule has 3 aromatic carbocycles. The maximum absolute atomic E-state index is 13.0. The van der Waals surface area contributed by atoms with E-state index in [1.165, 1.54) is 6.07 Å². The van der Waals surface area contributed by atoms with E-state index in [0.29, 0.717) is 10.7 Å². The molecule has 1 N–H and O–H groups in total. The first-order valence-corrected chi connectivity index (χ1v) is 11.6. The van der Waals surface area contributed by atoms with E-state index in [1.54, 1.807) is 18.2 Å². The summed E-state index contributed by atoms with van der Waals surface area (Å²) < 4.78 is 25.8. The van der Waals surface area contributed by atoms with E-state index in [1.807, 2.05) is 61.5 Å². The Morgan fingerprint density at radius 2 is 1.63 bits per heavy atom. The summed E-state index contributed by atoms with van der Waals surface area (Å²) >= 11 is 6.01. The van der Waals surface area contributed by atoms with Crippen LogP contribution in [0.3, 0.4) is 0 Å². The van der Waals surface area contributed by atoms with Crippen LogP contribution in [-0.2, 0) is 14.8 Å². The van der Waals surface area contributed by atoms with Crippen molar-refractivity contribution in [3.05, 3.63) is 101 Å². The number of nitrogens with zero attached hydrogens (tertiary/aromatic N) is 1. The lowest BCUT2D eigenvalue weighted by molar-refractivity contribution is -0.120. The van der Waals surface area contributed by atoms with Crippen molar-refractivity contribution < 1.29 is 13.2 Å². The van der Waals surface area contributed by atoms with Crippen molar-refractivity contribution in [3.8, 4) is 0 Å². The number of hydrogen-bond donors (Lipinski definition) is 1. The van der Waals surface area contributed by atoms with Crippen molar-refractivity contribution >= 4 is 33.2 Å². The van der Waals surface area contributed by atoms with Crippen LogP contribution >= 0.6 is 11.6 Å². The van der Waals surface area contributed by atoms with E-state index >= 15 is 0 Å². The van der Waals surface area contributed by atoms with Crippen LogP contribution in [0.1, 0.15) is 22.7 Å². The lowest BCUT2D eigenvalue weighted by atomic mass is 9.97. The van der Waals surface area contributed by atoms with Gasteiger partial charge >= 0.3 is 0 Å². The van der Waals surface area contributed by atoms with Gasteiger partial charge in [0.1, 0.15) is 6.54 Å². The minimum absolute atomic E-state index is 0.340. The van der Waals surface area contributed by atoms with Crippen molar-refractivity contribution in [2.45, 2.75) is 13.0 Å². The first-order chi connectivity index (χ1) is 14.2. The van der Waals surface area contributed by atoms with Crippen molar-refractivity contribution in [1.82, 2.24) is 5.32 Å². The van der Waals surface area contributed by atoms with E-state index in [9.17, 15) is 13.2 Å². The monoisotopic (exact) mass is 442 g/mol. The molecule has 0 aliphatic rings. The molecule has 0 bridgehead atoms. The Hall–Kier alpha value is -2.83. The maximum Gasteiger partial charge on any atom is 0.241 e. The van der Waals surface area contributed by atoms with Crippen LogP contribution in [0.5, 0.6) is 0 Å². The molecule has 30 heavy (non-hydrogen) atoms. The van der Waals surface area contributed by atoms with Crippen LogP contribution < -0.4 is 9.62 Å². The van der Waals surface area contributed by atoms with Crippen molar-refractivity contribution in [2.75, 3.05) is 17.1 Å². The minimum Gasteiger partial charge on any atom is -0.344 e. The third-order valence-corrected chi connectivity index (χ3v) is 5.97. The summed E-state index contributed by atoms with van der Waals surface area (Å²) in [5.41, 5.74) is 3.24. The molecule has 3 aromatic rings. The lowest BCUT2D eigenvalue weighted by Gasteiger charge is -2.25. The molecule has 1 unspecified atom stereocenters. The molecule has 1 amide bonds. The van der Waals surface area contributed by atoms with Crippen LogP contribution in [0, 0.1) is 6.92 Å². The first-order valence-electron chi connectivity index (χ1n) is 9.38. The Morgan fingerprint density at radius 1 is 0.967 bits per heavy atom. The molecule has 0 aliphatic heterocycles. The second kappa shape index (κ2) is 9.32. The molecule has 7 heteroatoms. The van der Waals surface area contributed by atoms with Gasteiger partial charge in [0, 0.05) is 5.02 Å². The molecule has 5 nitrogen and oxygen atoms in total. The van der Waals surface area contributed by atoms with Crippen molar-refractivity contribution in [3.63, 3.8) is 0 Å². The summed E-state index contributed by atoms with van der Waals surface area (Å²) in [6.07, 6.45) is 1.07. The Labute approximate surface area is 182 Å². The topological polar surface area (TPSA) is 66.5 Å². The molecule has 0 fully saturated rings. The molecular weight excluding hydrogens is 420 g/mol. The average Bonchev–Trinajstić information content (AvgIpc) is 2.70. The van der Waals surface area contributed by atoms with Gasteiger partial charge in [-0.1, -0.05) is 77.8 Å². The summed E-state index contributed by atoms with van der Waals surface area (Å²) in [6, 6.07) is 23.4. The quantitative estimate of drug-likeness (QED) is 0.592. The fourth-order valence-electron chi connectivity index (χ4n) is 3.22. The zero-order chi connectivity index (χ0) is 21.7. The second-order valence-electron chi connectivity index (χ2n) is 7.07. The van der Waals surface area contributed by atoms with Gasteiger partial charge in [-0.3, -0.25) is 9.10 Å². The van der Waals surface area contributed by atoms with Gasteiger partial charge in [-0.25, -0.2) is 8.42 Å². The molecule has 3 rings (SSSR count). The highest BCUT2D eigenvalue weighted by molar-refractivity contribution is 7.92. The lowest BCUT2D eigenvalue weighted by Crippen LogP contribution is -2.41. The maximum atomic E-state index is 13.0. The fourth-order valence-corrected chi connectivity index (χ4v) is 4.26. The number of carbonyl (C=O) groups excluding carboxylic acids is 1. The predicted octanol–water partition coefficient (Wildman–Crippen LogP) is 4.32. The van der Waals surface area contributed by atoms with E-state index in [0.717, 1.165) is 27.3 Å². The Bertz CT molecular complexity index is 1130. The molecular formula is C23H23ClN2O3S. The summed E-state index contributed by atoms with van der Waals surface area (Å²) in [7, 11) is -3.69. The Balaban J connectivity index is 1.89. The van der Waals surface area contributed by atoms with Crippen LogP contribution in [0.15, 0.2) is 78.9 Å². The van der Waals surface area contributed by atoms with E-state index in [-0.39, 0.29) is 6.54 Å². The number of hydrogen-bond acceptors (Lipinski definition) is 3. The molecule has 156 valence electrons. The number of carbonyl (C=O) groups is 1. The van der Waals surface area contributed by atoms with Gasteiger partial charge in [-0.15, -0.1) is 0 Å². The number of anilines is 1. The number of aryl methyl sites for hydroxylation is 1. The molecule has 0 heterocycles. The van der Waals surface area contributed by atoms with E-state index in [4.69, 9.17) is 11.6 Å². The standard InChI is InChI=1S/C23H23ClN2O3S/c1-17-8-6-11-19(14-17)23(18-9-4-3-5-10-18)25-22(27)16-26(30(2,28)29)21-13-7-12-20(24)15-21/h3-15,23H,16H2,1-2H3,(H,25,27). The van der Waals surface area contributed by atoms with Gasteiger partial charge < -0.3 is 5.32 Å². The smallest absolute Gasteiger partial charge is 0.241 e. The normalized spacial score (nSPS) is 12.2. The number of rotatable bonds is 7. The zero-order valence-electron chi connectivity index (χ0n) is 16.7. The molecule has 0 saturated carbocycles. The molecule has 0 saturated heterocycles. The molecule has 0 radical (unpaired) electrons.